The van der Waals surface area contributed by atoms with Crippen LogP contribution >= 0.6 is 11.6 Å². The zero-order chi connectivity index (χ0) is 12.3. The molecular weight excluding hydrogens is 238 g/mol. The lowest BCUT2D eigenvalue weighted by Crippen LogP contribution is -2.44. The van der Waals surface area contributed by atoms with Gasteiger partial charge in [-0.15, -0.1) is 0 Å². The summed E-state index contributed by atoms with van der Waals surface area (Å²) in [4.78, 5) is 2.16. The van der Waals surface area contributed by atoms with Crippen LogP contribution in [0.15, 0.2) is 24.3 Å². The summed E-state index contributed by atoms with van der Waals surface area (Å²) in [6.45, 7) is 2.98. The second kappa shape index (κ2) is 5.49. The van der Waals surface area contributed by atoms with Crippen LogP contribution in [-0.2, 0) is 4.74 Å². The Labute approximate surface area is 106 Å². The summed E-state index contributed by atoms with van der Waals surface area (Å²) >= 11 is 5.86. The molecule has 1 saturated heterocycles. The summed E-state index contributed by atoms with van der Waals surface area (Å²) in [5.74, 6) is 0.161. The van der Waals surface area contributed by atoms with Crippen LogP contribution in [0.5, 0.6) is 0 Å². The van der Waals surface area contributed by atoms with Gasteiger partial charge in [0.05, 0.1) is 19.3 Å². The second-order valence-electron chi connectivity index (χ2n) is 4.06. The van der Waals surface area contributed by atoms with Crippen molar-refractivity contribution in [1.82, 2.24) is 4.90 Å². The summed E-state index contributed by atoms with van der Waals surface area (Å²) in [6.07, 6.45) is 0. The molecule has 0 aromatic heterocycles. The molecule has 0 radical (unpaired) electrons. The van der Waals surface area contributed by atoms with Crippen molar-refractivity contribution < 1.29 is 4.74 Å². The highest BCUT2D eigenvalue weighted by Gasteiger charge is 2.24. The van der Waals surface area contributed by atoms with Gasteiger partial charge in [-0.2, -0.15) is 0 Å². The topological polar surface area (TPSA) is 62.3 Å². The van der Waals surface area contributed by atoms with Gasteiger partial charge in [-0.1, -0.05) is 23.7 Å². The van der Waals surface area contributed by atoms with Crippen molar-refractivity contribution in [1.29, 1.82) is 5.41 Å². The third kappa shape index (κ3) is 2.97. The molecule has 1 heterocycles. The van der Waals surface area contributed by atoms with Crippen LogP contribution in [0.1, 0.15) is 11.6 Å². The predicted octanol–water partition coefficient (Wildman–Crippen LogP) is 1.65. The fourth-order valence-electron chi connectivity index (χ4n) is 2.07. The van der Waals surface area contributed by atoms with Crippen molar-refractivity contribution in [3.63, 3.8) is 0 Å². The van der Waals surface area contributed by atoms with Crippen LogP contribution < -0.4 is 5.73 Å². The van der Waals surface area contributed by atoms with E-state index in [9.17, 15) is 0 Å². The Hall–Kier alpha value is -1.10. The highest BCUT2D eigenvalue weighted by atomic mass is 35.5. The van der Waals surface area contributed by atoms with Gasteiger partial charge >= 0.3 is 0 Å². The number of morpholine rings is 1. The van der Waals surface area contributed by atoms with E-state index in [1.54, 1.807) is 0 Å². The van der Waals surface area contributed by atoms with E-state index in [0.29, 0.717) is 18.2 Å². The average Bonchev–Trinajstić information content (AvgIpc) is 2.33. The molecule has 1 fully saturated rings. The fourth-order valence-corrected chi connectivity index (χ4v) is 2.19. The van der Waals surface area contributed by atoms with Gasteiger partial charge < -0.3 is 10.5 Å². The molecule has 1 aliphatic rings. The van der Waals surface area contributed by atoms with Gasteiger partial charge in [0.25, 0.3) is 0 Å². The molecule has 1 aromatic carbocycles. The van der Waals surface area contributed by atoms with E-state index >= 15 is 0 Å². The summed E-state index contributed by atoms with van der Waals surface area (Å²) in [5.41, 5.74) is 6.71. The average molecular weight is 254 g/mol. The third-order valence-corrected chi connectivity index (χ3v) is 3.14. The molecule has 3 N–H and O–H groups in total. The first-order valence-corrected chi connectivity index (χ1v) is 5.97. The molecule has 2 rings (SSSR count). The molecule has 4 nitrogen and oxygen atoms in total. The Morgan fingerprint density at radius 3 is 2.41 bits per heavy atom. The van der Waals surface area contributed by atoms with E-state index in [1.165, 1.54) is 0 Å². The summed E-state index contributed by atoms with van der Waals surface area (Å²) in [7, 11) is 0. The van der Waals surface area contributed by atoms with E-state index < -0.39 is 0 Å². The molecule has 0 unspecified atom stereocenters. The minimum absolute atomic E-state index is 0.161. The first-order chi connectivity index (χ1) is 8.18. The number of halogens is 1. The number of hydrogen-bond donors (Lipinski definition) is 2. The summed E-state index contributed by atoms with van der Waals surface area (Å²) in [6, 6.07) is 7.32. The SMILES string of the molecule is N=C(N)[C@H](c1ccc(Cl)cc1)N1CCOCC1. The maximum absolute atomic E-state index is 7.74. The van der Waals surface area contributed by atoms with Crippen LogP contribution in [-0.4, -0.2) is 37.0 Å². The second-order valence-corrected chi connectivity index (χ2v) is 4.49. The number of amidine groups is 1. The van der Waals surface area contributed by atoms with Crippen LogP contribution in [0.2, 0.25) is 5.02 Å². The van der Waals surface area contributed by atoms with Crippen molar-refractivity contribution in [2.75, 3.05) is 26.3 Å². The number of nitrogens with two attached hydrogens (primary N) is 1. The van der Waals surface area contributed by atoms with Crippen LogP contribution in [0.4, 0.5) is 0 Å². The van der Waals surface area contributed by atoms with E-state index in [2.05, 4.69) is 4.90 Å². The Morgan fingerprint density at radius 2 is 1.88 bits per heavy atom. The molecule has 92 valence electrons. The van der Waals surface area contributed by atoms with Gasteiger partial charge in [0.15, 0.2) is 0 Å². The van der Waals surface area contributed by atoms with Crippen molar-refractivity contribution in [2.45, 2.75) is 6.04 Å². The van der Waals surface area contributed by atoms with E-state index in [0.717, 1.165) is 18.7 Å². The zero-order valence-corrected chi connectivity index (χ0v) is 10.3. The molecular formula is C12H16ClN3O. The van der Waals surface area contributed by atoms with E-state index in [-0.39, 0.29) is 11.9 Å². The van der Waals surface area contributed by atoms with Gasteiger partial charge in [-0.3, -0.25) is 10.3 Å². The van der Waals surface area contributed by atoms with Gasteiger partial charge in [0, 0.05) is 18.1 Å². The van der Waals surface area contributed by atoms with Gasteiger partial charge in [-0.05, 0) is 17.7 Å². The maximum atomic E-state index is 7.74. The summed E-state index contributed by atoms with van der Waals surface area (Å²) in [5, 5.41) is 8.43. The molecule has 17 heavy (non-hydrogen) atoms. The van der Waals surface area contributed by atoms with E-state index in [4.69, 9.17) is 27.5 Å². The number of ether oxygens (including phenoxy) is 1. The van der Waals surface area contributed by atoms with Crippen molar-refractivity contribution in [2.24, 2.45) is 5.73 Å². The lowest BCUT2D eigenvalue weighted by molar-refractivity contribution is 0.0284. The van der Waals surface area contributed by atoms with Crippen molar-refractivity contribution in [3.05, 3.63) is 34.9 Å². The maximum Gasteiger partial charge on any atom is 0.113 e. The smallest absolute Gasteiger partial charge is 0.113 e. The van der Waals surface area contributed by atoms with Crippen LogP contribution in [0.3, 0.4) is 0 Å². The Bertz CT molecular complexity index is 387. The highest BCUT2D eigenvalue weighted by molar-refractivity contribution is 6.30. The summed E-state index contributed by atoms with van der Waals surface area (Å²) < 4.78 is 5.31. The fraction of sp³-hybridized carbons (Fsp3) is 0.417. The van der Waals surface area contributed by atoms with Gasteiger partial charge in [-0.25, -0.2) is 0 Å². The normalized spacial score (nSPS) is 18.9. The molecule has 0 aliphatic carbocycles. The lowest BCUT2D eigenvalue weighted by atomic mass is 10.0. The molecule has 1 aliphatic heterocycles. The Balaban J connectivity index is 2.21. The Kier molecular flexibility index (Phi) is 3.99. The molecule has 1 atom stereocenters. The zero-order valence-electron chi connectivity index (χ0n) is 9.53. The number of nitrogens with one attached hydrogen (secondary N) is 1. The molecule has 0 saturated carbocycles. The Morgan fingerprint density at radius 1 is 1.29 bits per heavy atom. The number of hydrogen-bond acceptors (Lipinski definition) is 3. The number of nitrogens with zero attached hydrogens (tertiary/aromatic N) is 1. The number of benzene rings is 1. The molecule has 0 spiro atoms. The van der Waals surface area contributed by atoms with Crippen molar-refractivity contribution >= 4 is 17.4 Å². The highest BCUT2D eigenvalue weighted by Crippen LogP contribution is 2.23. The van der Waals surface area contributed by atoms with Gasteiger partial charge in [0.2, 0.25) is 0 Å². The first kappa shape index (κ1) is 12.4. The van der Waals surface area contributed by atoms with E-state index in [1.807, 2.05) is 24.3 Å². The van der Waals surface area contributed by atoms with Crippen molar-refractivity contribution in [3.8, 4) is 0 Å². The predicted molar refractivity (Wildman–Crippen MR) is 68.5 cm³/mol. The number of rotatable bonds is 3. The molecule has 0 amide bonds. The minimum atomic E-state index is -0.170. The van der Waals surface area contributed by atoms with Crippen LogP contribution in [0.25, 0.3) is 0 Å². The van der Waals surface area contributed by atoms with Gasteiger partial charge in [0.1, 0.15) is 5.84 Å². The molecule has 1 aromatic rings. The largest absolute Gasteiger partial charge is 0.386 e. The lowest BCUT2D eigenvalue weighted by Gasteiger charge is -2.33. The molecule has 0 bridgehead atoms. The minimum Gasteiger partial charge on any atom is -0.386 e. The monoisotopic (exact) mass is 253 g/mol. The molecule has 5 heteroatoms. The standard InChI is InChI=1S/C12H16ClN3O/c13-10-3-1-9(2-4-10)11(12(14)15)16-5-7-17-8-6-16/h1-4,11H,5-8H2,(H3,14,15)/t11-/m0/s1. The third-order valence-electron chi connectivity index (χ3n) is 2.89. The first-order valence-electron chi connectivity index (χ1n) is 5.59. The van der Waals surface area contributed by atoms with Crippen LogP contribution in [0, 0.1) is 5.41 Å². The quantitative estimate of drug-likeness (QED) is 0.636.